The fourth-order valence-corrected chi connectivity index (χ4v) is 6.33. The lowest BCUT2D eigenvalue weighted by Gasteiger charge is -2.28. The van der Waals surface area contributed by atoms with E-state index in [0.29, 0.717) is 22.9 Å². The number of nitrogens with zero attached hydrogens (tertiary/aromatic N) is 5. The smallest absolute Gasteiger partial charge is 0.422 e. The van der Waals surface area contributed by atoms with Crippen molar-refractivity contribution in [1.29, 1.82) is 0 Å². The molecule has 0 unspecified atom stereocenters. The fraction of sp³-hybridized carbons (Fsp3) is 0.556. The molecule has 2 aromatic heterocycles. The maximum absolute atomic E-state index is 12.7. The van der Waals surface area contributed by atoms with Crippen LogP contribution in [0.15, 0.2) is 29.4 Å². The molecule has 38 heavy (non-hydrogen) atoms. The highest BCUT2D eigenvalue weighted by molar-refractivity contribution is 7.13. The predicted octanol–water partition coefficient (Wildman–Crippen LogP) is 5.48. The summed E-state index contributed by atoms with van der Waals surface area (Å²) in [4.78, 5) is 24.8. The molecule has 0 saturated heterocycles. The van der Waals surface area contributed by atoms with Gasteiger partial charge in [-0.25, -0.2) is 9.98 Å². The third-order valence-corrected chi connectivity index (χ3v) is 8.54. The summed E-state index contributed by atoms with van der Waals surface area (Å²) in [5.41, 5.74) is 2.11. The largest absolute Gasteiger partial charge is 0.460 e. The molecule has 1 fully saturated rings. The Bertz CT molecular complexity index is 1270. The molecule has 1 amide bonds. The summed E-state index contributed by atoms with van der Waals surface area (Å²) in [6.45, 7) is 1.48. The normalized spacial score (nSPS) is 21.1. The van der Waals surface area contributed by atoms with Crippen LogP contribution in [0.4, 0.5) is 13.2 Å². The number of amides is 1. The van der Waals surface area contributed by atoms with Gasteiger partial charge in [-0.15, -0.1) is 0 Å². The van der Waals surface area contributed by atoms with E-state index in [9.17, 15) is 18.0 Å². The Morgan fingerprint density at radius 3 is 2.79 bits per heavy atom. The zero-order valence-corrected chi connectivity index (χ0v) is 22.2. The monoisotopic (exact) mass is 547 g/mol. The van der Waals surface area contributed by atoms with E-state index in [-0.39, 0.29) is 11.1 Å². The molecule has 2 aliphatic rings. The second-order valence-corrected chi connectivity index (χ2v) is 11.3. The molecule has 1 aromatic carbocycles. The zero-order valence-electron chi connectivity index (χ0n) is 21.4. The van der Waals surface area contributed by atoms with Crippen molar-refractivity contribution in [1.82, 2.24) is 19.7 Å². The number of aliphatic imine (C=N–C) groups is 1. The van der Waals surface area contributed by atoms with Crippen LogP contribution in [-0.4, -0.2) is 64.2 Å². The summed E-state index contributed by atoms with van der Waals surface area (Å²) in [6.07, 6.45) is 6.39. The summed E-state index contributed by atoms with van der Waals surface area (Å²) >= 11 is 1.24. The molecule has 204 valence electrons. The molecule has 1 aliphatic carbocycles. The second-order valence-electron chi connectivity index (χ2n) is 10.3. The van der Waals surface area contributed by atoms with Gasteiger partial charge in [-0.05, 0) is 63.0 Å². The van der Waals surface area contributed by atoms with Gasteiger partial charge in [0.15, 0.2) is 6.61 Å². The summed E-state index contributed by atoms with van der Waals surface area (Å²) in [5, 5.41) is 5.46. The van der Waals surface area contributed by atoms with E-state index in [4.69, 9.17) is 4.74 Å². The van der Waals surface area contributed by atoms with Crippen LogP contribution < -0.4 is 4.74 Å². The minimum atomic E-state index is -4.35. The lowest BCUT2D eigenvalue weighted by Crippen LogP contribution is -2.29. The number of hydrogen-bond acceptors (Lipinski definition) is 6. The number of hydrogen-bond donors (Lipinski definition) is 0. The molecular formula is C27H32F3N5O2S. The molecule has 3 heterocycles. The van der Waals surface area contributed by atoms with Gasteiger partial charge in [0.05, 0.1) is 11.3 Å². The Labute approximate surface area is 223 Å². The van der Waals surface area contributed by atoms with Crippen molar-refractivity contribution in [2.45, 2.75) is 51.1 Å². The molecule has 0 radical (unpaired) electrons. The van der Waals surface area contributed by atoms with E-state index >= 15 is 0 Å². The first-order valence-corrected chi connectivity index (χ1v) is 14.0. The molecule has 1 saturated carbocycles. The predicted molar refractivity (Wildman–Crippen MR) is 141 cm³/mol. The number of benzene rings is 1. The molecular weight excluding hydrogens is 515 g/mol. The molecule has 0 N–H and O–H groups in total. The minimum absolute atomic E-state index is 0.122. The number of rotatable bonds is 7. The summed E-state index contributed by atoms with van der Waals surface area (Å²) in [6, 6.07) is 5.59. The average molecular weight is 548 g/mol. The van der Waals surface area contributed by atoms with Gasteiger partial charge in [0.2, 0.25) is 0 Å². The van der Waals surface area contributed by atoms with Crippen LogP contribution in [0.5, 0.6) is 5.19 Å². The standard InChI is InChI=1S/C27H32F3N5O2S/c1-34-16-20-3-2-4-21(24(20)33-34)25(36)31-15-19-7-5-18(6-8-19)9-12-35-13-10-22-23(11-14-35)38-26(32-22)37-17-27(28,29)30/h2-4,15-16,18-19H,5-14,17H2,1H3. The number of alkyl halides is 3. The first kappa shape index (κ1) is 26.8. The van der Waals surface area contributed by atoms with Gasteiger partial charge in [-0.3, -0.25) is 9.48 Å². The maximum atomic E-state index is 12.7. The van der Waals surface area contributed by atoms with E-state index in [2.05, 4.69) is 20.0 Å². The van der Waals surface area contributed by atoms with E-state index in [1.54, 1.807) is 10.7 Å². The first-order valence-electron chi connectivity index (χ1n) is 13.1. The Morgan fingerprint density at radius 2 is 2.00 bits per heavy atom. The molecule has 3 aromatic rings. The Hall–Kier alpha value is -2.79. The Morgan fingerprint density at radius 1 is 1.21 bits per heavy atom. The first-order chi connectivity index (χ1) is 18.2. The number of aromatic nitrogens is 3. The third kappa shape index (κ3) is 6.79. The van der Waals surface area contributed by atoms with E-state index < -0.39 is 12.8 Å². The van der Waals surface area contributed by atoms with Crippen LogP contribution in [0, 0.1) is 11.8 Å². The van der Waals surface area contributed by atoms with Crippen molar-refractivity contribution in [3.05, 3.63) is 40.5 Å². The van der Waals surface area contributed by atoms with Gasteiger partial charge < -0.3 is 9.64 Å². The van der Waals surface area contributed by atoms with Crippen molar-refractivity contribution in [3.8, 4) is 5.19 Å². The third-order valence-electron chi connectivity index (χ3n) is 7.47. The minimum Gasteiger partial charge on any atom is -0.460 e. The molecule has 7 nitrogen and oxygen atoms in total. The van der Waals surface area contributed by atoms with Gasteiger partial charge >= 0.3 is 6.18 Å². The highest BCUT2D eigenvalue weighted by Gasteiger charge is 2.30. The van der Waals surface area contributed by atoms with Gasteiger partial charge in [-0.1, -0.05) is 23.5 Å². The number of halogens is 3. The highest BCUT2D eigenvalue weighted by Crippen LogP contribution is 2.32. The van der Waals surface area contributed by atoms with Crippen LogP contribution in [-0.2, 0) is 19.9 Å². The lowest BCUT2D eigenvalue weighted by atomic mass is 9.81. The van der Waals surface area contributed by atoms with Gasteiger partial charge in [-0.2, -0.15) is 18.3 Å². The van der Waals surface area contributed by atoms with E-state index in [1.807, 2.05) is 31.6 Å². The van der Waals surface area contributed by atoms with E-state index in [1.165, 1.54) is 11.3 Å². The maximum Gasteiger partial charge on any atom is 0.422 e. The number of ether oxygens (including phenoxy) is 1. The Kier molecular flexibility index (Phi) is 8.13. The number of aryl methyl sites for hydroxylation is 1. The van der Waals surface area contributed by atoms with Crippen molar-refractivity contribution in [2.75, 3.05) is 26.2 Å². The lowest BCUT2D eigenvalue weighted by molar-refractivity contribution is -0.153. The molecule has 0 spiro atoms. The van der Waals surface area contributed by atoms with Crippen molar-refractivity contribution in [3.63, 3.8) is 0 Å². The molecule has 1 aliphatic heterocycles. The molecule has 11 heteroatoms. The number of fused-ring (bicyclic) bond motifs is 2. The van der Waals surface area contributed by atoms with Gasteiger partial charge in [0.25, 0.3) is 11.1 Å². The average Bonchev–Trinajstić information content (AvgIpc) is 3.42. The summed E-state index contributed by atoms with van der Waals surface area (Å²) < 4.78 is 43.8. The second kappa shape index (κ2) is 11.5. The van der Waals surface area contributed by atoms with E-state index in [0.717, 1.165) is 80.5 Å². The van der Waals surface area contributed by atoms with Crippen molar-refractivity contribution < 1.29 is 22.7 Å². The number of carbonyl (C=O) groups is 1. The SMILES string of the molecule is Cn1cc2cccc(C(=O)N=CC3CCC(CCN4CCc5nc(OCC(F)(F)F)sc5CC4)CC3)c2n1. The van der Waals surface area contributed by atoms with Gasteiger partial charge in [0.1, 0.15) is 5.52 Å². The summed E-state index contributed by atoms with van der Waals surface area (Å²) in [5.74, 6) is 0.752. The van der Waals surface area contributed by atoms with Crippen LogP contribution in [0.1, 0.15) is 53.0 Å². The molecule has 0 atom stereocenters. The topological polar surface area (TPSA) is 72.6 Å². The Balaban J connectivity index is 1.04. The van der Waals surface area contributed by atoms with Crippen molar-refractivity contribution in [2.24, 2.45) is 23.9 Å². The van der Waals surface area contributed by atoms with Crippen LogP contribution in [0.3, 0.4) is 0 Å². The fourth-order valence-electron chi connectivity index (χ4n) is 5.39. The van der Waals surface area contributed by atoms with Crippen LogP contribution >= 0.6 is 11.3 Å². The number of carbonyl (C=O) groups excluding carboxylic acids is 1. The zero-order chi connectivity index (χ0) is 26.7. The molecule has 5 rings (SSSR count). The van der Waals surface area contributed by atoms with Gasteiger partial charge in [0, 0.05) is 49.2 Å². The molecule has 0 bridgehead atoms. The van der Waals surface area contributed by atoms with Crippen molar-refractivity contribution >= 4 is 34.4 Å². The summed E-state index contributed by atoms with van der Waals surface area (Å²) in [7, 11) is 1.84. The van der Waals surface area contributed by atoms with Crippen LogP contribution in [0.2, 0.25) is 0 Å². The van der Waals surface area contributed by atoms with Crippen LogP contribution in [0.25, 0.3) is 10.9 Å². The highest BCUT2D eigenvalue weighted by atomic mass is 32.1. The quantitative estimate of drug-likeness (QED) is 0.367. The number of thiazole rings is 1.